The van der Waals surface area contributed by atoms with E-state index in [-0.39, 0.29) is 17.3 Å². The van der Waals surface area contributed by atoms with Crippen molar-refractivity contribution in [2.45, 2.75) is 13.0 Å². The zero-order chi connectivity index (χ0) is 24.3. The minimum Gasteiger partial charge on any atom is -0.503 e. The van der Waals surface area contributed by atoms with Crippen LogP contribution in [0.2, 0.25) is 0 Å². The van der Waals surface area contributed by atoms with E-state index in [0.717, 1.165) is 20.9 Å². The molecule has 172 valence electrons. The summed E-state index contributed by atoms with van der Waals surface area (Å²) in [7, 11) is 0. The van der Waals surface area contributed by atoms with E-state index in [4.69, 9.17) is 4.42 Å². The lowest BCUT2D eigenvalue weighted by Crippen LogP contribution is -2.32. The Morgan fingerprint density at radius 1 is 1.11 bits per heavy atom. The third-order valence-electron chi connectivity index (χ3n) is 6.03. The van der Waals surface area contributed by atoms with Gasteiger partial charge in [-0.2, -0.15) is 0 Å². The first-order valence-electron chi connectivity index (χ1n) is 10.8. The molecule has 2 N–H and O–H groups in total. The van der Waals surface area contributed by atoms with Crippen LogP contribution in [0.1, 0.15) is 27.7 Å². The van der Waals surface area contributed by atoms with Crippen LogP contribution in [0.15, 0.2) is 87.2 Å². The van der Waals surface area contributed by atoms with Crippen molar-refractivity contribution in [3.63, 3.8) is 0 Å². The molecule has 1 aliphatic rings. The van der Waals surface area contributed by atoms with Crippen molar-refractivity contribution < 1.29 is 19.1 Å². The summed E-state index contributed by atoms with van der Waals surface area (Å²) in [5, 5.41) is 11.7. The van der Waals surface area contributed by atoms with Gasteiger partial charge in [-0.3, -0.25) is 19.5 Å². The van der Waals surface area contributed by atoms with Gasteiger partial charge in [0.05, 0.1) is 22.6 Å². The number of anilines is 1. The van der Waals surface area contributed by atoms with Gasteiger partial charge in [0.2, 0.25) is 11.7 Å². The molecule has 1 aliphatic heterocycles. The molecule has 0 saturated heterocycles. The number of rotatable bonds is 4. The van der Waals surface area contributed by atoms with Crippen molar-refractivity contribution in [2.75, 3.05) is 4.90 Å². The molecule has 9 heteroatoms. The van der Waals surface area contributed by atoms with Crippen molar-refractivity contribution in [1.82, 2.24) is 15.0 Å². The SMILES string of the molecule is Cc1ccc2nc(N3C(=O)C(O)=C(C(=O)c4cc5cc(Br)ccc5o4)C3c3ccncc3)[nH]c2c1. The lowest BCUT2D eigenvalue weighted by molar-refractivity contribution is -0.117. The van der Waals surface area contributed by atoms with Crippen LogP contribution in [0.5, 0.6) is 0 Å². The predicted octanol–water partition coefficient (Wildman–Crippen LogP) is 5.56. The number of benzene rings is 2. The van der Waals surface area contributed by atoms with Crippen molar-refractivity contribution >= 4 is 55.6 Å². The number of halogens is 1. The summed E-state index contributed by atoms with van der Waals surface area (Å²) in [5.74, 6) is -1.71. The maximum absolute atomic E-state index is 13.7. The molecule has 3 aromatic heterocycles. The molecule has 0 fully saturated rings. The standard InChI is InChI=1S/C26H17BrN4O4/c1-13-2-4-17-18(10-13)30-26(29-17)31-22(14-6-8-28-9-7-14)21(24(33)25(31)34)23(32)20-12-15-11-16(27)3-5-19(15)35-20/h2-12,22,33H,1H3,(H,29,30). The van der Waals surface area contributed by atoms with Gasteiger partial charge in [-0.1, -0.05) is 22.0 Å². The Hall–Kier alpha value is -4.24. The molecule has 0 saturated carbocycles. The fourth-order valence-electron chi connectivity index (χ4n) is 4.40. The second-order valence-electron chi connectivity index (χ2n) is 8.32. The molecule has 0 aliphatic carbocycles. The van der Waals surface area contributed by atoms with Crippen LogP contribution in [0, 0.1) is 6.92 Å². The number of furan rings is 1. The van der Waals surface area contributed by atoms with E-state index in [1.807, 2.05) is 31.2 Å². The molecule has 1 amide bonds. The monoisotopic (exact) mass is 528 g/mol. The number of fused-ring (bicyclic) bond motifs is 2. The number of carbonyl (C=O) groups is 2. The third kappa shape index (κ3) is 3.43. The number of aliphatic hydroxyl groups is 1. The van der Waals surface area contributed by atoms with E-state index in [2.05, 4.69) is 30.9 Å². The van der Waals surface area contributed by atoms with Crippen LogP contribution in [-0.4, -0.2) is 31.7 Å². The maximum atomic E-state index is 13.7. The van der Waals surface area contributed by atoms with Gasteiger partial charge in [-0.25, -0.2) is 4.98 Å². The number of H-pyrrole nitrogens is 1. The molecule has 0 radical (unpaired) electrons. The minimum atomic E-state index is -0.931. The van der Waals surface area contributed by atoms with Gasteiger partial charge in [-0.15, -0.1) is 0 Å². The lowest BCUT2D eigenvalue weighted by atomic mass is 9.96. The van der Waals surface area contributed by atoms with E-state index in [0.29, 0.717) is 16.7 Å². The van der Waals surface area contributed by atoms with Crippen molar-refractivity contribution in [1.29, 1.82) is 0 Å². The number of nitrogens with one attached hydrogen (secondary N) is 1. The predicted molar refractivity (Wildman–Crippen MR) is 133 cm³/mol. The van der Waals surface area contributed by atoms with Gasteiger partial charge in [0, 0.05) is 22.3 Å². The van der Waals surface area contributed by atoms with Gasteiger partial charge in [0.25, 0.3) is 5.91 Å². The van der Waals surface area contributed by atoms with E-state index in [1.165, 1.54) is 4.90 Å². The number of amides is 1. The smallest absolute Gasteiger partial charge is 0.296 e. The Kier molecular flexibility index (Phi) is 4.82. The van der Waals surface area contributed by atoms with E-state index in [9.17, 15) is 14.7 Å². The number of carbonyl (C=O) groups excluding carboxylic acids is 2. The summed E-state index contributed by atoms with van der Waals surface area (Å²) < 4.78 is 6.62. The number of aromatic amines is 1. The number of ketones is 1. The van der Waals surface area contributed by atoms with Crippen LogP contribution in [0.25, 0.3) is 22.0 Å². The molecule has 4 heterocycles. The van der Waals surface area contributed by atoms with Crippen molar-refractivity contribution in [3.8, 4) is 0 Å². The zero-order valence-corrected chi connectivity index (χ0v) is 19.9. The summed E-state index contributed by atoms with van der Waals surface area (Å²) >= 11 is 3.41. The van der Waals surface area contributed by atoms with E-state index in [1.54, 1.807) is 42.7 Å². The molecule has 6 rings (SSSR count). The molecule has 1 atom stereocenters. The highest BCUT2D eigenvalue weighted by molar-refractivity contribution is 9.10. The number of aryl methyl sites for hydroxylation is 1. The molecule has 35 heavy (non-hydrogen) atoms. The first kappa shape index (κ1) is 21.3. The fourth-order valence-corrected chi connectivity index (χ4v) is 4.78. The van der Waals surface area contributed by atoms with Crippen molar-refractivity contribution in [3.05, 3.63) is 99.7 Å². The number of aliphatic hydroxyl groups excluding tert-OH is 1. The topological polar surface area (TPSA) is 112 Å². The van der Waals surface area contributed by atoms with E-state index >= 15 is 0 Å². The van der Waals surface area contributed by atoms with Crippen molar-refractivity contribution in [2.24, 2.45) is 0 Å². The van der Waals surface area contributed by atoms with Crippen LogP contribution in [0.3, 0.4) is 0 Å². The molecule has 8 nitrogen and oxygen atoms in total. The second-order valence-corrected chi connectivity index (χ2v) is 9.24. The summed E-state index contributed by atoms with van der Waals surface area (Å²) in [6.07, 6.45) is 3.13. The van der Waals surface area contributed by atoms with Gasteiger partial charge in [0.15, 0.2) is 11.5 Å². The van der Waals surface area contributed by atoms with Crippen LogP contribution < -0.4 is 4.90 Å². The van der Waals surface area contributed by atoms with E-state index < -0.39 is 23.5 Å². The quantitative estimate of drug-likeness (QED) is 0.295. The zero-order valence-electron chi connectivity index (χ0n) is 18.3. The minimum absolute atomic E-state index is 0.0218. The van der Waals surface area contributed by atoms with Gasteiger partial charge >= 0.3 is 0 Å². The summed E-state index contributed by atoms with van der Waals surface area (Å²) in [6, 6.07) is 15.1. The fraction of sp³-hybridized carbons (Fsp3) is 0.0769. The lowest BCUT2D eigenvalue weighted by Gasteiger charge is -2.24. The highest BCUT2D eigenvalue weighted by atomic mass is 79.9. The first-order valence-corrected chi connectivity index (χ1v) is 11.6. The van der Waals surface area contributed by atoms with Crippen LogP contribution in [0.4, 0.5) is 5.95 Å². The number of imidazole rings is 1. The normalized spacial score (nSPS) is 16.1. The summed E-state index contributed by atoms with van der Waals surface area (Å²) in [6.45, 7) is 1.96. The average molecular weight is 529 g/mol. The van der Waals surface area contributed by atoms with Gasteiger partial charge in [-0.05, 0) is 66.6 Å². The number of aromatic nitrogens is 3. The highest BCUT2D eigenvalue weighted by Crippen LogP contribution is 2.41. The Bertz CT molecular complexity index is 1690. The maximum Gasteiger partial charge on any atom is 0.296 e. The molecule has 1 unspecified atom stereocenters. The van der Waals surface area contributed by atoms with Gasteiger partial charge in [0.1, 0.15) is 5.58 Å². The second kappa shape index (κ2) is 7.92. The molecule has 2 aromatic carbocycles. The third-order valence-corrected chi connectivity index (χ3v) is 6.52. The average Bonchev–Trinajstić information content (AvgIpc) is 3.53. The molecule has 0 bridgehead atoms. The molecule has 0 spiro atoms. The molecule has 5 aromatic rings. The Morgan fingerprint density at radius 3 is 2.71 bits per heavy atom. The number of nitrogens with zero attached hydrogens (tertiary/aromatic N) is 3. The highest BCUT2D eigenvalue weighted by Gasteiger charge is 2.46. The number of Topliss-reactive ketones (excluding diaryl/α,β-unsaturated/α-hetero) is 1. The number of hydrogen-bond donors (Lipinski definition) is 2. The van der Waals surface area contributed by atoms with Crippen LogP contribution >= 0.6 is 15.9 Å². The number of pyridine rings is 1. The molecular weight excluding hydrogens is 512 g/mol. The Labute approximate surface area is 207 Å². The number of hydrogen-bond acceptors (Lipinski definition) is 6. The Morgan fingerprint density at radius 2 is 1.91 bits per heavy atom. The van der Waals surface area contributed by atoms with Crippen LogP contribution in [-0.2, 0) is 4.79 Å². The largest absolute Gasteiger partial charge is 0.503 e. The Balaban J connectivity index is 1.50. The first-order chi connectivity index (χ1) is 16.9. The van der Waals surface area contributed by atoms with Gasteiger partial charge < -0.3 is 14.5 Å². The summed E-state index contributed by atoms with van der Waals surface area (Å²) in [5.41, 5.74) is 3.45. The molecular formula is C26H17BrN4O4. The summed E-state index contributed by atoms with van der Waals surface area (Å²) in [4.78, 5) is 40.1.